The number of fused-ring (bicyclic) bond motifs is 2. The minimum absolute atomic E-state index is 0.288. The van der Waals surface area contributed by atoms with Gasteiger partial charge in [-0.3, -0.25) is 4.98 Å². The molecule has 8 rings (SSSR count). The number of rotatable bonds is 6. The van der Waals surface area contributed by atoms with Crippen LogP contribution in [-0.4, -0.2) is 19.9 Å². The fourth-order valence-electron chi connectivity index (χ4n) is 8.44. The standard InChI is InChI=1S/C44H39N5/c1-29-8-11-36-27-44(25-29,26-30(36)2)40-16-14-33(15-17-40)38-22-37(32-12-9-31(28-45)10-13-32)23-39(24-38)43-48-41(34-6-4-3-5-7-34)47-42(49-43)35-18-20-46-21-19-35/h3-7,9-10,12-24,29-30,36H,8,11,25-27H2,1-2H3/t29-,30-,36?,44?/m1/s1. The predicted molar refractivity (Wildman–Crippen MR) is 196 cm³/mol. The molecule has 0 aliphatic heterocycles. The zero-order valence-electron chi connectivity index (χ0n) is 28.1. The largest absolute Gasteiger partial charge is 0.265 e. The van der Waals surface area contributed by atoms with Crippen LogP contribution in [0.3, 0.4) is 0 Å². The molecule has 6 aromatic rings. The maximum absolute atomic E-state index is 9.45. The number of pyridine rings is 1. The van der Waals surface area contributed by atoms with E-state index in [0.717, 1.165) is 56.7 Å². The summed E-state index contributed by atoms with van der Waals surface area (Å²) in [4.78, 5) is 19.2. The molecule has 0 spiro atoms. The zero-order valence-corrected chi connectivity index (χ0v) is 28.1. The highest BCUT2D eigenvalue weighted by molar-refractivity contribution is 5.80. The number of aromatic nitrogens is 4. The van der Waals surface area contributed by atoms with Gasteiger partial charge in [0, 0.05) is 29.1 Å². The lowest BCUT2D eigenvalue weighted by Gasteiger charge is -2.32. The summed E-state index contributed by atoms with van der Waals surface area (Å²) < 4.78 is 0. The third kappa shape index (κ3) is 6.16. The van der Waals surface area contributed by atoms with Gasteiger partial charge in [0.15, 0.2) is 17.5 Å². The molecule has 2 aliphatic carbocycles. The number of hydrogen-bond donors (Lipinski definition) is 0. The van der Waals surface area contributed by atoms with Crippen molar-refractivity contribution in [1.29, 1.82) is 5.26 Å². The number of hydrogen-bond acceptors (Lipinski definition) is 5. The Labute approximate surface area is 288 Å². The zero-order chi connectivity index (χ0) is 33.4. The Bertz CT molecular complexity index is 2070. The quantitative estimate of drug-likeness (QED) is 0.182. The van der Waals surface area contributed by atoms with Crippen LogP contribution in [-0.2, 0) is 5.41 Å². The second-order valence-corrected chi connectivity index (χ2v) is 14.3. The molecule has 4 atom stereocenters. The molecule has 2 aliphatic rings. The first kappa shape index (κ1) is 30.8. The van der Waals surface area contributed by atoms with Crippen LogP contribution >= 0.6 is 0 Å². The molecule has 2 aromatic heterocycles. The Balaban J connectivity index is 1.26. The van der Waals surface area contributed by atoms with E-state index in [1.54, 1.807) is 12.4 Å². The lowest BCUT2D eigenvalue weighted by Crippen LogP contribution is -2.25. The molecule has 5 heteroatoms. The molecule has 0 saturated heterocycles. The highest BCUT2D eigenvalue weighted by atomic mass is 15.0. The van der Waals surface area contributed by atoms with Gasteiger partial charge in [0.2, 0.25) is 0 Å². The van der Waals surface area contributed by atoms with E-state index in [2.05, 4.69) is 67.4 Å². The second kappa shape index (κ2) is 12.9. The molecule has 2 unspecified atom stereocenters. The molecule has 2 saturated carbocycles. The first-order valence-electron chi connectivity index (χ1n) is 17.5. The normalized spacial score (nSPS) is 21.5. The average Bonchev–Trinajstić information content (AvgIpc) is 3.38. The highest BCUT2D eigenvalue weighted by Gasteiger charge is 2.46. The minimum Gasteiger partial charge on any atom is -0.265 e. The Morgan fingerprint density at radius 2 is 1.14 bits per heavy atom. The van der Waals surface area contributed by atoms with Gasteiger partial charge in [0.1, 0.15) is 0 Å². The van der Waals surface area contributed by atoms with Crippen LogP contribution in [0.1, 0.15) is 57.1 Å². The van der Waals surface area contributed by atoms with Crippen molar-refractivity contribution >= 4 is 0 Å². The van der Waals surface area contributed by atoms with Crippen molar-refractivity contribution in [3.63, 3.8) is 0 Å². The molecule has 4 aromatic carbocycles. The Morgan fingerprint density at radius 3 is 1.78 bits per heavy atom. The topological polar surface area (TPSA) is 75.3 Å². The van der Waals surface area contributed by atoms with E-state index >= 15 is 0 Å². The molecular weight excluding hydrogens is 599 g/mol. The Hall–Kier alpha value is -5.47. The van der Waals surface area contributed by atoms with Gasteiger partial charge in [-0.05, 0) is 119 Å². The fraction of sp³-hybridized carbons (Fsp3) is 0.250. The van der Waals surface area contributed by atoms with E-state index in [4.69, 9.17) is 15.0 Å². The summed E-state index contributed by atoms with van der Waals surface area (Å²) >= 11 is 0. The van der Waals surface area contributed by atoms with Gasteiger partial charge in [-0.15, -0.1) is 0 Å². The monoisotopic (exact) mass is 637 g/mol. The van der Waals surface area contributed by atoms with Gasteiger partial charge < -0.3 is 0 Å². The van der Waals surface area contributed by atoms with Crippen LogP contribution in [0, 0.1) is 29.1 Å². The second-order valence-electron chi connectivity index (χ2n) is 14.3. The summed E-state index contributed by atoms with van der Waals surface area (Å²) in [5.74, 6) is 4.22. The average molecular weight is 638 g/mol. The van der Waals surface area contributed by atoms with Crippen LogP contribution < -0.4 is 0 Å². The highest BCUT2D eigenvalue weighted by Crippen LogP contribution is 2.55. The smallest absolute Gasteiger partial charge is 0.164 e. The minimum atomic E-state index is 0.288. The van der Waals surface area contributed by atoms with Crippen molar-refractivity contribution < 1.29 is 0 Å². The van der Waals surface area contributed by atoms with E-state index in [0.29, 0.717) is 23.0 Å². The summed E-state index contributed by atoms with van der Waals surface area (Å²) in [5.41, 5.74) is 9.46. The Kier molecular flexibility index (Phi) is 8.09. The van der Waals surface area contributed by atoms with Gasteiger partial charge in [0.05, 0.1) is 11.6 Å². The van der Waals surface area contributed by atoms with Crippen LogP contribution in [0.2, 0.25) is 0 Å². The number of nitriles is 1. The fourth-order valence-corrected chi connectivity index (χ4v) is 8.44. The summed E-state index contributed by atoms with van der Waals surface area (Å²) in [5, 5.41) is 9.45. The lowest BCUT2D eigenvalue weighted by atomic mass is 9.72. The van der Waals surface area contributed by atoms with Gasteiger partial charge in [0.25, 0.3) is 0 Å². The summed E-state index contributed by atoms with van der Waals surface area (Å²) in [7, 11) is 0. The van der Waals surface area contributed by atoms with Gasteiger partial charge >= 0.3 is 0 Å². The number of nitrogens with zero attached hydrogens (tertiary/aromatic N) is 5. The molecule has 2 heterocycles. The summed E-state index contributed by atoms with van der Waals surface area (Å²) in [6.07, 6.45) is 10.1. The van der Waals surface area contributed by atoms with Crippen molar-refractivity contribution in [3.8, 4) is 62.5 Å². The summed E-state index contributed by atoms with van der Waals surface area (Å²) in [6.45, 7) is 4.92. The van der Waals surface area contributed by atoms with Crippen molar-refractivity contribution in [3.05, 3.63) is 133 Å². The molecule has 2 fully saturated rings. The Morgan fingerprint density at radius 1 is 0.571 bits per heavy atom. The molecule has 49 heavy (non-hydrogen) atoms. The van der Waals surface area contributed by atoms with Crippen molar-refractivity contribution in [2.75, 3.05) is 0 Å². The third-order valence-electron chi connectivity index (χ3n) is 10.9. The molecule has 0 N–H and O–H groups in total. The molecule has 5 nitrogen and oxygen atoms in total. The first-order valence-corrected chi connectivity index (χ1v) is 17.5. The van der Waals surface area contributed by atoms with Gasteiger partial charge in [-0.25, -0.2) is 15.0 Å². The maximum Gasteiger partial charge on any atom is 0.164 e. The van der Waals surface area contributed by atoms with Crippen LogP contribution in [0.4, 0.5) is 0 Å². The molecule has 240 valence electrons. The summed E-state index contributed by atoms with van der Waals surface area (Å²) in [6, 6.07) is 39.9. The predicted octanol–water partition coefficient (Wildman–Crippen LogP) is 10.6. The van der Waals surface area contributed by atoms with Gasteiger partial charge in [-0.2, -0.15) is 5.26 Å². The van der Waals surface area contributed by atoms with E-state index in [9.17, 15) is 5.26 Å². The van der Waals surface area contributed by atoms with E-state index in [1.165, 1.54) is 37.7 Å². The van der Waals surface area contributed by atoms with Crippen molar-refractivity contribution in [1.82, 2.24) is 19.9 Å². The van der Waals surface area contributed by atoms with E-state index in [1.807, 2.05) is 66.7 Å². The third-order valence-corrected chi connectivity index (χ3v) is 10.9. The van der Waals surface area contributed by atoms with E-state index in [-0.39, 0.29) is 5.41 Å². The SMILES string of the molecule is C[C@@H]1CCC2CC(c3ccc(-c4cc(-c5ccc(C#N)cc5)cc(-c5nc(-c6ccccc6)nc(-c6ccncc6)n5)c4)cc3)(C1)C[C@H]2C. The van der Waals surface area contributed by atoms with Gasteiger partial charge in [-0.1, -0.05) is 87.0 Å². The number of benzene rings is 4. The van der Waals surface area contributed by atoms with E-state index < -0.39 is 0 Å². The molecule has 0 amide bonds. The van der Waals surface area contributed by atoms with Crippen molar-refractivity contribution in [2.45, 2.75) is 51.4 Å². The van der Waals surface area contributed by atoms with Crippen LogP contribution in [0.15, 0.2) is 122 Å². The van der Waals surface area contributed by atoms with Crippen LogP contribution in [0.5, 0.6) is 0 Å². The lowest BCUT2D eigenvalue weighted by molar-refractivity contribution is 0.304. The molecule has 0 radical (unpaired) electrons. The molecular formula is C44H39N5. The maximum atomic E-state index is 9.45. The first-order chi connectivity index (χ1) is 24.0. The van der Waals surface area contributed by atoms with Crippen LogP contribution in [0.25, 0.3) is 56.4 Å². The molecule has 2 bridgehead atoms. The van der Waals surface area contributed by atoms with Crippen molar-refractivity contribution in [2.24, 2.45) is 17.8 Å².